The highest BCUT2D eigenvalue weighted by Gasteiger charge is 2.25. The fraction of sp³-hybridized carbons (Fsp3) is 0.533. The summed E-state index contributed by atoms with van der Waals surface area (Å²) in [4.78, 5) is 19.7. The number of nitrogens with one attached hydrogen (secondary N) is 1. The van der Waals surface area contributed by atoms with Crippen LogP contribution in [-0.4, -0.2) is 39.1 Å². The van der Waals surface area contributed by atoms with Gasteiger partial charge in [-0.25, -0.2) is 4.98 Å². The molecule has 114 valence electrons. The van der Waals surface area contributed by atoms with Crippen molar-refractivity contribution in [3.8, 4) is 0 Å². The third kappa shape index (κ3) is 3.69. The minimum absolute atomic E-state index is 0.104. The van der Waals surface area contributed by atoms with Crippen molar-refractivity contribution in [2.75, 3.05) is 7.05 Å². The molecule has 0 bridgehead atoms. The summed E-state index contributed by atoms with van der Waals surface area (Å²) in [6.07, 6.45) is 0.844. The standard InChI is InChI=1S/C15H22N4OS/c1-10(9-11-7-6-8-21-11)19(5)13(20)12-16-14(18-17-12)15(2,3)4/h6-8,10H,9H2,1-5H3,(H,16,17,18). The van der Waals surface area contributed by atoms with Crippen LogP contribution in [-0.2, 0) is 11.8 Å². The van der Waals surface area contributed by atoms with Crippen LogP contribution in [0.15, 0.2) is 17.5 Å². The smallest absolute Gasteiger partial charge is 0.293 e. The summed E-state index contributed by atoms with van der Waals surface area (Å²) in [6.45, 7) is 8.13. The maximum atomic E-state index is 12.4. The van der Waals surface area contributed by atoms with Crippen molar-refractivity contribution in [2.24, 2.45) is 0 Å². The Balaban J connectivity index is 2.06. The van der Waals surface area contributed by atoms with E-state index in [1.165, 1.54) is 4.88 Å². The molecule has 1 unspecified atom stereocenters. The maximum absolute atomic E-state index is 12.4. The van der Waals surface area contributed by atoms with E-state index in [4.69, 9.17) is 0 Å². The number of carbonyl (C=O) groups is 1. The van der Waals surface area contributed by atoms with E-state index in [2.05, 4.69) is 26.6 Å². The molecule has 0 saturated heterocycles. The van der Waals surface area contributed by atoms with Crippen LogP contribution in [0.1, 0.15) is 49.0 Å². The molecule has 21 heavy (non-hydrogen) atoms. The van der Waals surface area contributed by atoms with Gasteiger partial charge in [-0.05, 0) is 18.4 Å². The number of hydrogen-bond acceptors (Lipinski definition) is 4. The highest BCUT2D eigenvalue weighted by atomic mass is 32.1. The Hall–Kier alpha value is -1.69. The van der Waals surface area contributed by atoms with Gasteiger partial charge in [0.1, 0.15) is 5.82 Å². The lowest BCUT2D eigenvalue weighted by Crippen LogP contribution is -2.37. The molecule has 2 aromatic heterocycles. The molecule has 0 aliphatic rings. The molecule has 6 heteroatoms. The fourth-order valence-electron chi connectivity index (χ4n) is 1.91. The molecule has 0 aromatic carbocycles. The lowest BCUT2D eigenvalue weighted by molar-refractivity contribution is 0.0732. The van der Waals surface area contributed by atoms with Crippen LogP contribution in [0.5, 0.6) is 0 Å². The Morgan fingerprint density at radius 3 is 2.71 bits per heavy atom. The van der Waals surface area contributed by atoms with E-state index < -0.39 is 0 Å². The van der Waals surface area contributed by atoms with Gasteiger partial charge < -0.3 is 4.90 Å². The topological polar surface area (TPSA) is 61.9 Å². The molecule has 1 amide bonds. The normalized spacial score (nSPS) is 13.2. The van der Waals surface area contributed by atoms with E-state index in [9.17, 15) is 4.79 Å². The number of amides is 1. The highest BCUT2D eigenvalue weighted by molar-refractivity contribution is 7.09. The summed E-state index contributed by atoms with van der Waals surface area (Å²) in [6, 6.07) is 4.22. The third-order valence-corrected chi connectivity index (χ3v) is 4.34. The molecule has 0 aliphatic heterocycles. The molecule has 5 nitrogen and oxygen atoms in total. The number of carbonyl (C=O) groups excluding carboxylic acids is 1. The first kappa shape index (κ1) is 15.7. The van der Waals surface area contributed by atoms with Gasteiger partial charge in [0.25, 0.3) is 5.91 Å². The lowest BCUT2D eigenvalue weighted by atomic mass is 9.96. The van der Waals surface area contributed by atoms with Crippen molar-refractivity contribution in [3.05, 3.63) is 34.0 Å². The predicted octanol–water partition coefficient (Wildman–Crippen LogP) is 2.87. The first-order chi connectivity index (χ1) is 9.79. The van der Waals surface area contributed by atoms with Crippen molar-refractivity contribution in [3.63, 3.8) is 0 Å². The first-order valence-electron chi connectivity index (χ1n) is 7.01. The summed E-state index contributed by atoms with van der Waals surface area (Å²) >= 11 is 1.71. The van der Waals surface area contributed by atoms with E-state index in [1.54, 1.807) is 23.3 Å². The van der Waals surface area contributed by atoms with Crippen LogP contribution in [0.4, 0.5) is 0 Å². The molecule has 1 N–H and O–H groups in total. The monoisotopic (exact) mass is 306 g/mol. The average molecular weight is 306 g/mol. The largest absolute Gasteiger partial charge is 0.336 e. The Bertz CT molecular complexity index is 597. The molecule has 1 atom stereocenters. The van der Waals surface area contributed by atoms with Crippen molar-refractivity contribution in [1.82, 2.24) is 20.1 Å². The van der Waals surface area contributed by atoms with Gasteiger partial charge in [-0.15, -0.1) is 16.4 Å². The minimum Gasteiger partial charge on any atom is -0.336 e. The van der Waals surface area contributed by atoms with E-state index in [0.717, 1.165) is 12.2 Å². The van der Waals surface area contributed by atoms with E-state index in [1.807, 2.05) is 33.8 Å². The lowest BCUT2D eigenvalue weighted by Gasteiger charge is -2.23. The zero-order chi connectivity index (χ0) is 15.6. The van der Waals surface area contributed by atoms with Crippen LogP contribution >= 0.6 is 11.3 Å². The predicted molar refractivity (Wildman–Crippen MR) is 84.7 cm³/mol. The van der Waals surface area contributed by atoms with Gasteiger partial charge in [-0.3, -0.25) is 9.89 Å². The zero-order valence-corrected chi connectivity index (χ0v) is 14.0. The number of H-pyrrole nitrogens is 1. The van der Waals surface area contributed by atoms with E-state index >= 15 is 0 Å². The SMILES string of the molecule is CC(Cc1cccs1)N(C)C(=O)c1n[nH]c(C(C)(C)C)n1. The molecule has 0 aliphatic carbocycles. The Morgan fingerprint density at radius 2 is 2.19 bits per heavy atom. The number of hydrogen-bond donors (Lipinski definition) is 1. The summed E-state index contributed by atoms with van der Waals surface area (Å²) in [5.74, 6) is 0.816. The minimum atomic E-state index is -0.147. The van der Waals surface area contributed by atoms with Gasteiger partial charge in [-0.1, -0.05) is 26.8 Å². The zero-order valence-electron chi connectivity index (χ0n) is 13.2. The quantitative estimate of drug-likeness (QED) is 0.944. The Labute approximate surface area is 129 Å². The molecule has 0 spiro atoms. The van der Waals surface area contributed by atoms with Crippen molar-refractivity contribution in [2.45, 2.75) is 45.6 Å². The Kier molecular flexibility index (Phi) is 4.46. The molecular weight excluding hydrogens is 284 g/mol. The molecular formula is C15H22N4OS. The van der Waals surface area contributed by atoms with Gasteiger partial charge in [0.15, 0.2) is 0 Å². The molecule has 0 radical (unpaired) electrons. The fourth-order valence-corrected chi connectivity index (χ4v) is 2.73. The van der Waals surface area contributed by atoms with Crippen LogP contribution in [0.25, 0.3) is 0 Å². The third-order valence-electron chi connectivity index (χ3n) is 3.45. The van der Waals surface area contributed by atoms with Gasteiger partial charge >= 0.3 is 0 Å². The number of likely N-dealkylation sites (N-methyl/N-ethyl adjacent to an activating group) is 1. The molecule has 0 saturated carbocycles. The molecule has 2 aromatic rings. The van der Waals surface area contributed by atoms with Gasteiger partial charge in [-0.2, -0.15) is 0 Å². The van der Waals surface area contributed by atoms with Crippen LogP contribution in [0.3, 0.4) is 0 Å². The second-order valence-electron chi connectivity index (χ2n) is 6.31. The second kappa shape index (κ2) is 5.97. The number of thiophene rings is 1. The molecule has 2 rings (SSSR count). The molecule has 0 fully saturated rings. The van der Waals surface area contributed by atoms with Crippen molar-refractivity contribution in [1.29, 1.82) is 0 Å². The van der Waals surface area contributed by atoms with Crippen molar-refractivity contribution < 1.29 is 4.79 Å². The summed E-state index contributed by atoms with van der Waals surface area (Å²) < 4.78 is 0. The van der Waals surface area contributed by atoms with Crippen LogP contribution in [0.2, 0.25) is 0 Å². The Morgan fingerprint density at radius 1 is 1.48 bits per heavy atom. The number of aromatic nitrogens is 3. The summed E-state index contributed by atoms with van der Waals surface area (Å²) in [5, 5.41) is 8.97. The number of aromatic amines is 1. The van der Waals surface area contributed by atoms with Crippen LogP contribution in [0, 0.1) is 0 Å². The summed E-state index contributed by atoms with van der Waals surface area (Å²) in [7, 11) is 1.80. The number of rotatable bonds is 4. The first-order valence-corrected chi connectivity index (χ1v) is 7.89. The highest BCUT2D eigenvalue weighted by Crippen LogP contribution is 2.18. The average Bonchev–Trinajstić information content (AvgIpc) is 3.06. The molecule has 2 heterocycles. The number of nitrogens with zero attached hydrogens (tertiary/aromatic N) is 3. The van der Waals surface area contributed by atoms with E-state index in [0.29, 0.717) is 0 Å². The maximum Gasteiger partial charge on any atom is 0.293 e. The van der Waals surface area contributed by atoms with Crippen LogP contribution < -0.4 is 0 Å². The van der Waals surface area contributed by atoms with Gasteiger partial charge in [0.05, 0.1) is 0 Å². The second-order valence-corrected chi connectivity index (χ2v) is 7.34. The van der Waals surface area contributed by atoms with Crippen molar-refractivity contribution >= 4 is 17.2 Å². The van der Waals surface area contributed by atoms with Gasteiger partial charge in [0, 0.05) is 29.8 Å². The van der Waals surface area contributed by atoms with E-state index in [-0.39, 0.29) is 23.2 Å². The summed E-state index contributed by atoms with van der Waals surface area (Å²) in [5.41, 5.74) is -0.146. The van der Waals surface area contributed by atoms with Gasteiger partial charge in [0.2, 0.25) is 5.82 Å².